The maximum atomic E-state index is 12.5. The number of nitrogens with one attached hydrogen (secondary N) is 1. The van der Waals surface area contributed by atoms with Gasteiger partial charge in [-0.05, 0) is 69.6 Å². The summed E-state index contributed by atoms with van der Waals surface area (Å²) in [5.41, 5.74) is 0.158. The molecule has 1 fully saturated rings. The minimum Gasteiger partial charge on any atom is -0.382 e. The zero-order valence-corrected chi connectivity index (χ0v) is 12.6. The predicted molar refractivity (Wildman–Crippen MR) is 79.4 cm³/mol. The summed E-state index contributed by atoms with van der Waals surface area (Å²) in [6.45, 7) is 7.60. The topological polar surface area (TPSA) is 15.3 Å². The molecular formula is C16H23F3N2. The van der Waals surface area contributed by atoms with Gasteiger partial charge in [0.05, 0.1) is 5.56 Å². The summed E-state index contributed by atoms with van der Waals surface area (Å²) >= 11 is 0. The van der Waals surface area contributed by atoms with Crippen LogP contribution in [0.15, 0.2) is 24.3 Å². The second-order valence-corrected chi connectivity index (χ2v) is 5.78. The molecule has 1 aromatic rings. The van der Waals surface area contributed by atoms with Crippen LogP contribution in [0, 0.1) is 5.92 Å². The van der Waals surface area contributed by atoms with Crippen LogP contribution in [-0.4, -0.2) is 30.6 Å². The number of hydrogen-bond donors (Lipinski definition) is 1. The molecule has 1 heterocycles. The maximum Gasteiger partial charge on any atom is 0.416 e. The third kappa shape index (κ3) is 4.37. The van der Waals surface area contributed by atoms with Crippen molar-refractivity contribution >= 4 is 5.69 Å². The fourth-order valence-electron chi connectivity index (χ4n) is 2.91. The van der Waals surface area contributed by atoms with Gasteiger partial charge in [-0.3, -0.25) is 0 Å². The van der Waals surface area contributed by atoms with Gasteiger partial charge in [0.2, 0.25) is 0 Å². The van der Waals surface area contributed by atoms with E-state index < -0.39 is 11.7 Å². The lowest BCUT2D eigenvalue weighted by Gasteiger charge is -2.34. The van der Waals surface area contributed by atoms with Crippen molar-refractivity contribution in [1.82, 2.24) is 4.90 Å². The SMILES string of the molecule is CCN1CCC(C(C)Nc2ccc(C(F)(F)F)cc2)CC1. The van der Waals surface area contributed by atoms with Gasteiger partial charge >= 0.3 is 6.18 Å². The van der Waals surface area contributed by atoms with Crippen LogP contribution in [0.3, 0.4) is 0 Å². The molecule has 118 valence electrons. The number of alkyl halides is 3. The van der Waals surface area contributed by atoms with Crippen LogP contribution in [0.5, 0.6) is 0 Å². The van der Waals surface area contributed by atoms with Crippen LogP contribution in [0.4, 0.5) is 18.9 Å². The molecule has 0 saturated carbocycles. The van der Waals surface area contributed by atoms with E-state index in [1.807, 2.05) is 0 Å². The highest BCUT2D eigenvalue weighted by atomic mass is 19.4. The van der Waals surface area contributed by atoms with Gasteiger partial charge in [0, 0.05) is 11.7 Å². The molecule has 1 unspecified atom stereocenters. The Labute approximate surface area is 124 Å². The second kappa shape index (κ2) is 6.69. The summed E-state index contributed by atoms with van der Waals surface area (Å²) in [5, 5.41) is 3.34. The maximum absolute atomic E-state index is 12.5. The van der Waals surface area contributed by atoms with Gasteiger partial charge < -0.3 is 10.2 Å². The monoisotopic (exact) mass is 300 g/mol. The zero-order chi connectivity index (χ0) is 15.5. The number of hydrogen-bond acceptors (Lipinski definition) is 2. The van der Waals surface area contributed by atoms with Crippen molar-refractivity contribution in [2.75, 3.05) is 25.0 Å². The molecule has 0 spiro atoms. The molecule has 2 rings (SSSR count). The molecule has 1 aliphatic rings. The van der Waals surface area contributed by atoms with Gasteiger partial charge in [0.15, 0.2) is 0 Å². The molecule has 0 aromatic heterocycles. The molecule has 21 heavy (non-hydrogen) atoms. The molecule has 0 amide bonds. The largest absolute Gasteiger partial charge is 0.416 e. The van der Waals surface area contributed by atoms with Crippen molar-refractivity contribution in [1.29, 1.82) is 0 Å². The molecule has 0 bridgehead atoms. The highest BCUT2D eigenvalue weighted by Crippen LogP contribution is 2.30. The van der Waals surface area contributed by atoms with Crippen molar-refractivity contribution in [2.45, 2.75) is 38.9 Å². The highest BCUT2D eigenvalue weighted by molar-refractivity contribution is 5.46. The molecule has 0 radical (unpaired) electrons. The first kappa shape index (κ1) is 16.1. The van der Waals surface area contributed by atoms with Crippen LogP contribution in [-0.2, 0) is 6.18 Å². The Hall–Kier alpha value is -1.23. The Balaban J connectivity index is 1.89. The first-order chi connectivity index (χ1) is 9.90. The molecule has 1 aliphatic heterocycles. The van der Waals surface area contributed by atoms with E-state index in [1.54, 1.807) is 0 Å². The van der Waals surface area contributed by atoms with Crippen LogP contribution in [0.2, 0.25) is 0 Å². The average Bonchev–Trinajstić information content (AvgIpc) is 2.47. The van der Waals surface area contributed by atoms with Crippen molar-refractivity contribution in [3.8, 4) is 0 Å². The fourth-order valence-corrected chi connectivity index (χ4v) is 2.91. The van der Waals surface area contributed by atoms with Gasteiger partial charge in [-0.1, -0.05) is 6.92 Å². The van der Waals surface area contributed by atoms with E-state index in [4.69, 9.17) is 0 Å². The van der Waals surface area contributed by atoms with Gasteiger partial charge in [-0.25, -0.2) is 0 Å². The van der Waals surface area contributed by atoms with E-state index in [1.165, 1.54) is 12.1 Å². The third-order valence-electron chi connectivity index (χ3n) is 4.39. The summed E-state index contributed by atoms with van der Waals surface area (Å²) in [6, 6.07) is 5.57. The van der Waals surface area contributed by atoms with E-state index >= 15 is 0 Å². The number of likely N-dealkylation sites (tertiary alicyclic amines) is 1. The van der Waals surface area contributed by atoms with Gasteiger partial charge in [0.1, 0.15) is 0 Å². The first-order valence-corrected chi connectivity index (χ1v) is 7.56. The quantitative estimate of drug-likeness (QED) is 0.895. The van der Waals surface area contributed by atoms with Crippen LogP contribution >= 0.6 is 0 Å². The van der Waals surface area contributed by atoms with E-state index in [0.717, 1.165) is 50.3 Å². The predicted octanol–water partition coefficient (Wildman–Crippen LogP) is 4.24. The van der Waals surface area contributed by atoms with E-state index in [9.17, 15) is 13.2 Å². The number of anilines is 1. The third-order valence-corrected chi connectivity index (χ3v) is 4.39. The zero-order valence-electron chi connectivity index (χ0n) is 12.6. The number of benzene rings is 1. The number of rotatable bonds is 4. The summed E-state index contributed by atoms with van der Waals surface area (Å²) < 4.78 is 37.6. The average molecular weight is 300 g/mol. The van der Waals surface area contributed by atoms with Crippen LogP contribution in [0.1, 0.15) is 32.3 Å². The van der Waals surface area contributed by atoms with Gasteiger partial charge in [-0.2, -0.15) is 13.2 Å². The summed E-state index contributed by atoms with van der Waals surface area (Å²) in [4.78, 5) is 2.43. The molecular weight excluding hydrogens is 277 g/mol. The van der Waals surface area contributed by atoms with Crippen molar-refractivity contribution < 1.29 is 13.2 Å². The first-order valence-electron chi connectivity index (χ1n) is 7.56. The molecule has 1 atom stereocenters. The minimum absolute atomic E-state index is 0.278. The van der Waals surface area contributed by atoms with Crippen molar-refractivity contribution in [3.05, 3.63) is 29.8 Å². The van der Waals surface area contributed by atoms with E-state index in [0.29, 0.717) is 5.92 Å². The Bertz CT molecular complexity index is 434. The second-order valence-electron chi connectivity index (χ2n) is 5.78. The summed E-state index contributed by atoms with van der Waals surface area (Å²) in [7, 11) is 0. The molecule has 5 heteroatoms. The standard InChI is InChI=1S/C16H23F3N2/c1-3-21-10-8-13(9-11-21)12(2)20-15-6-4-14(5-7-15)16(17,18)19/h4-7,12-13,20H,3,8-11H2,1-2H3. The smallest absolute Gasteiger partial charge is 0.382 e. The molecule has 0 aliphatic carbocycles. The lowest BCUT2D eigenvalue weighted by Crippen LogP contribution is -2.39. The molecule has 1 aromatic carbocycles. The van der Waals surface area contributed by atoms with Gasteiger partial charge in [0.25, 0.3) is 0 Å². The van der Waals surface area contributed by atoms with Gasteiger partial charge in [-0.15, -0.1) is 0 Å². The Morgan fingerprint density at radius 2 is 1.76 bits per heavy atom. The number of nitrogens with zero attached hydrogens (tertiary/aromatic N) is 1. The minimum atomic E-state index is -4.27. The van der Waals surface area contributed by atoms with Crippen LogP contribution in [0.25, 0.3) is 0 Å². The lowest BCUT2D eigenvalue weighted by atomic mass is 9.90. The van der Waals surface area contributed by atoms with Crippen molar-refractivity contribution in [2.24, 2.45) is 5.92 Å². The summed E-state index contributed by atoms with van der Waals surface area (Å²) in [6.07, 6.45) is -1.98. The Morgan fingerprint density at radius 3 is 2.24 bits per heavy atom. The summed E-state index contributed by atoms with van der Waals surface area (Å²) in [5.74, 6) is 0.579. The van der Waals surface area contributed by atoms with E-state index in [-0.39, 0.29) is 6.04 Å². The number of piperidine rings is 1. The molecule has 1 N–H and O–H groups in total. The van der Waals surface area contributed by atoms with Crippen LogP contribution < -0.4 is 5.32 Å². The molecule has 2 nitrogen and oxygen atoms in total. The number of halogens is 3. The van der Waals surface area contributed by atoms with Crippen molar-refractivity contribution in [3.63, 3.8) is 0 Å². The Morgan fingerprint density at radius 1 is 1.19 bits per heavy atom. The highest BCUT2D eigenvalue weighted by Gasteiger charge is 2.30. The lowest BCUT2D eigenvalue weighted by molar-refractivity contribution is -0.137. The normalized spacial score (nSPS) is 19.5. The van der Waals surface area contributed by atoms with E-state index in [2.05, 4.69) is 24.1 Å². The fraction of sp³-hybridized carbons (Fsp3) is 0.625. The molecule has 1 saturated heterocycles. The Kier molecular flexibility index (Phi) is 5.14.